The minimum atomic E-state index is -0.463. The zero-order chi connectivity index (χ0) is 18.7. The number of aromatic nitrogens is 2. The number of nitrogens with zero attached hydrogens (tertiary/aromatic N) is 4. The molecule has 1 aliphatic heterocycles. The van der Waals surface area contributed by atoms with Gasteiger partial charge in [0.1, 0.15) is 6.54 Å². The van der Waals surface area contributed by atoms with Crippen LogP contribution in [0.25, 0.3) is 0 Å². The lowest BCUT2D eigenvalue weighted by Gasteiger charge is -2.37. The fourth-order valence-electron chi connectivity index (χ4n) is 3.83. The number of piperazine rings is 1. The molecule has 0 bridgehead atoms. The molecule has 1 aromatic rings. The van der Waals surface area contributed by atoms with Crippen molar-refractivity contribution in [1.29, 1.82) is 0 Å². The van der Waals surface area contributed by atoms with Crippen LogP contribution in [-0.2, 0) is 16.1 Å². The molecule has 0 radical (unpaired) electrons. The quantitative estimate of drug-likeness (QED) is 0.744. The summed E-state index contributed by atoms with van der Waals surface area (Å²) in [6.07, 6.45) is 7.08. The van der Waals surface area contributed by atoms with Gasteiger partial charge < -0.3 is 20.9 Å². The van der Waals surface area contributed by atoms with Crippen LogP contribution in [0.2, 0.25) is 0 Å². The molecule has 1 aromatic heterocycles. The van der Waals surface area contributed by atoms with Gasteiger partial charge >= 0.3 is 0 Å². The third kappa shape index (κ3) is 6.07. The van der Waals surface area contributed by atoms with Gasteiger partial charge in [-0.1, -0.05) is 12.8 Å². The second-order valence-electron chi connectivity index (χ2n) is 7.90. The first-order valence-electron chi connectivity index (χ1n) is 9.44. The molecule has 0 aromatic carbocycles. The highest BCUT2D eigenvalue weighted by atomic mass is 35.5. The highest BCUT2D eigenvalue weighted by Gasteiger charge is 2.37. The number of anilines is 1. The fourth-order valence-corrected chi connectivity index (χ4v) is 3.83. The van der Waals surface area contributed by atoms with E-state index in [4.69, 9.17) is 5.73 Å². The van der Waals surface area contributed by atoms with Crippen LogP contribution in [0.5, 0.6) is 0 Å². The second-order valence-corrected chi connectivity index (χ2v) is 7.90. The van der Waals surface area contributed by atoms with Crippen molar-refractivity contribution in [3.63, 3.8) is 0 Å². The van der Waals surface area contributed by atoms with E-state index >= 15 is 0 Å². The van der Waals surface area contributed by atoms with Crippen molar-refractivity contribution in [3.8, 4) is 0 Å². The summed E-state index contributed by atoms with van der Waals surface area (Å²) in [7, 11) is 2.06. The van der Waals surface area contributed by atoms with Crippen LogP contribution in [0.1, 0.15) is 32.6 Å². The van der Waals surface area contributed by atoms with Crippen LogP contribution >= 0.6 is 24.8 Å². The van der Waals surface area contributed by atoms with E-state index in [0.29, 0.717) is 5.69 Å². The van der Waals surface area contributed by atoms with Gasteiger partial charge in [-0.2, -0.15) is 5.10 Å². The molecule has 0 spiro atoms. The zero-order valence-electron chi connectivity index (χ0n) is 16.6. The predicted molar refractivity (Wildman–Crippen MR) is 114 cm³/mol. The number of carbonyl (C=O) groups is 2. The number of hydrogen-bond acceptors (Lipinski definition) is 5. The highest BCUT2D eigenvalue weighted by Crippen LogP contribution is 2.32. The lowest BCUT2D eigenvalue weighted by atomic mass is 9.74. The lowest BCUT2D eigenvalue weighted by molar-refractivity contribution is -0.133. The van der Waals surface area contributed by atoms with Gasteiger partial charge in [-0.3, -0.25) is 14.3 Å². The number of likely N-dealkylation sites (N-methyl/N-ethyl adjacent to an activating group) is 1. The van der Waals surface area contributed by atoms with Crippen LogP contribution in [-0.4, -0.2) is 70.2 Å². The van der Waals surface area contributed by atoms with Gasteiger partial charge in [0, 0.05) is 37.9 Å². The van der Waals surface area contributed by atoms with Crippen LogP contribution in [0, 0.1) is 5.92 Å². The number of nitrogens with two attached hydrogens (primary N) is 1. The summed E-state index contributed by atoms with van der Waals surface area (Å²) in [6, 6.07) is 0. The third-order valence-electron chi connectivity index (χ3n) is 5.62. The fraction of sp³-hybridized carbons (Fsp3) is 0.722. The number of halogens is 2. The third-order valence-corrected chi connectivity index (χ3v) is 5.62. The minimum absolute atomic E-state index is 0. The van der Waals surface area contributed by atoms with Crippen LogP contribution in [0.4, 0.5) is 5.69 Å². The normalized spacial score (nSPS) is 25.4. The van der Waals surface area contributed by atoms with E-state index in [0.717, 1.165) is 51.9 Å². The van der Waals surface area contributed by atoms with E-state index in [-0.39, 0.29) is 49.1 Å². The summed E-state index contributed by atoms with van der Waals surface area (Å²) in [5.74, 6) is -0.188. The molecule has 2 amide bonds. The van der Waals surface area contributed by atoms with Crippen molar-refractivity contribution in [2.24, 2.45) is 11.7 Å². The number of rotatable bonds is 4. The standard InChI is InChI=1S/C18H30N6O2.2ClH/c1-18(19)6-4-3-5-15(18)17(26)21-14-11-20-24(12-14)13-16(25)23-9-7-22(2)8-10-23;;/h11-12,15H,3-10,13,19H2,1-2H3,(H,21,26);2*1H. The van der Waals surface area contributed by atoms with Gasteiger partial charge in [0.25, 0.3) is 0 Å². The Balaban J connectivity index is 0.00000196. The van der Waals surface area contributed by atoms with E-state index in [2.05, 4.69) is 22.4 Å². The maximum absolute atomic E-state index is 12.6. The average molecular weight is 435 g/mol. The number of carbonyl (C=O) groups excluding carboxylic acids is 2. The summed E-state index contributed by atoms with van der Waals surface area (Å²) < 4.78 is 1.58. The maximum Gasteiger partial charge on any atom is 0.244 e. The van der Waals surface area contributed by atoms with Crippen molar-refractivity contribution in [2.75, 3.05) is 38.5 Å². The molecule has 3 N–H and O–H groups in total. The first kappa shape index (κ1) is 24.7. The van der Waals surface area contributed by atoms with Gasteiger partial charge in [-0.15, -0.1) is 24.8 Å². The second kappa shape index (κ2) is 10.4. The van der Waals surface area contributed by atoms with Crippen molar-refractivity contribution >= 4 is 42.3 Å². The zero-order valence-corrected chi connectivity index (χ0v) is 18.2. The Kier molecular flexibility index (Phi) is 9.20. The van der Waals surface area contributed by atoms with Crippen molar-refractivity contribution < 1.29 is 9.59 Å². The molecule has 3 rings (SSSR count). The maximum atomic E-state index is 12.6. The summed E-state index contributed by atoms with van der Waals surface area (Å²) in [6.45, 7) is 5.43. The minimum Gasteiger partial charge on any atom is -0.339 e. The number of nitrogens with one attached hydrogen (secondary N) is 1. The Morgan fingerprint density at radius 1 is 1.25 bits per heavy atom. The summed E-state index contributed by atoms with van der Waals surface area (Å²) >= 11 is 0. The SMILES string of the molecule is CN1CCN(C(=O)Cn2cc(NC(=O)C3CCCCC3(C)N)cn2)CC1.Cl.Cl. The van der Waals surface area contributed by atoms with Crippen molar-refractivity contribution in [3.05, 3.63) is 12.4 Å². The molecule has 160 valence electrons. The Hall–Kier alpha value is -1.35. The van der Waals surface area contributed by atoms with Gasteiger partial charge in [0.15, 0.2) is 0 Å². The molecule has 2 unspecified atom stereocenters. The van der Waals surface area contributed by atoms with Crippen LogP contribution in [0.15, 0.2) is 12.4 Å². The van der Waals surface area contributed by atoms with E-state index in [1.54, 1.807) is 17.1 Å². The number of amides is 2. The highest BCUT2D eigenvalue weighted by molar-refractivity contribution is 5.93. The van der Waals surface area contributed by atoms with E-state index in [9.17, 15) is 9.59 Å². The Morgan fingerprint density at radius 3 is 2.57 bits per heavy atom. The van der Waals surface area contributed by atoms with E-state index in [1.807, 2.05) is 11.8 Å². The van der Waals surface area contributed by atoms with E-state index < -0.39 is 5.54 Å². The molecule has 1 aliphatic carbocycles. The molecule has 1 saturated carbocycles. The molecular weight excluding hydrogens is 403 g/mol. The largest absolute Gasteiger partial charge is 0.339 e. The Morgan fingerprint density at radius 2 is 1.93 bits per heavy atom. The molecule has 8 nitrogen and oxygen atoms in total. The smallest absolute Gasteiger partial charge is 0.244 e. The van der Waals surface area contributed by atoms with Gasteiger partial charge in [-0.25, -0.2) is 0 Å². The first-order chi connectivity index (χ1) is 12.3. The Labute approximate surface area is 179 Å². The monoisotopic (exact) mass is 434 g/mol. The lowest BCUT2D eigenvalue weighted by Crippen LogP contribution is -2.51. The van der Waals surface area contributed by atoms with Crippen molar-refractivity contribution in [2.45, 2.75) is 44.7 Å². The summed E-state index contributed by atoms with van der Waals surface area (Å²) in [5, 5.41) is 7.13. The molecule has 10 heteroatoms. The van der Waals surface area contributed by atoms with E-state index in [1.165, 1.54) is 0 Å². The molecule has 2 fully saturated rings. The first-order valence-corrected chi connectivity index (χ1v) is 9.44. The Bertz CT molecular complexity index is 658. The molecule has 1 saturated heterocycles. The molecule has 2 aliphatic rings. The van der Waals surface area contributed by atoms with Gasteiger partial charge in [0.2, 0.25) is 11.8 Å². The van der Waals surface area contributed by atoms with Crippen LogP contribution in [0.3, 0.4) is 0 Å². The summed E-state index contributed by atoms with van der Waals surface area (Å²) in [5.41, 5.74) is 6.46. The molecule has 2 atom stereocenters. The van der Waals surface area contributed by atoms with Crippen molar-refractivity contribution in [1.82, 2.24) is 19.6 Å². The predicted octanol–water partition coefficient (Wildman–Crippen LogP) is 1.35. The van der Waals surface area contributed by atoms with Gasteiger partial charge in [-0.05, 0) is 26.8 Å². The summed E-state index contributed by atoms with van der Waals surface area (Å²) in [4.78, 5) is 29.0. The van der Waals surface area contributed by atoms with Crippen LogP contribution < -0.4 is 11.1 Å². The molecular formula is C18H32Cl2N6O2. The molecule has 28 heavy (non-hydrogen) atoms. The average Bonchev–Trinajstić information content (AvgIpc) is 3.01. The topological polar surface area (TPSA) is 96.5 Å². The molecule has 2 heterocycles. The van der Waals surface area contributed by atoms with Gasteiger partial charge in [0.05, 0.1) is 17.8 Å². The number of hydrogen-bond donors (Lipinski definition) is 2.